The predicted octanol–water partition coefficient (Wildman–Crippen LogP) is 3.88. The molecule has 1 atom stereocenters. The van der Waals surface area contributed by atoms with Crippen molar-refractivity contribution >= 4 is 11.5 Å². The Labute approximate surface area is 215 Å². The summed E-state index contributed by atoms with van der Waals surface area (Å²) in [6, 6.07) is 12.1. The molecule has 0 unspecified atom stereocenters. The highest BCUT2D eigenvalue weighted by molar-refractivity contribution is 5.91. The molecule has 188 valence electrons. The summed E-state index contributed by atoms with van der Waals surface area (Å²) in [6.45, 7) is 4.15. The fraction of sp³-hybridized carbons (Fsp3) is 0.357. The average molecular weight is 496 g/mol. The standard InChI is InChI=1S/C28H29N7O2/c1-33-10-3-4-20(17-33)18-37-28-32-25(21-7-5-19(15-29)6-8-21)24(27-30-9-11-35(27)28)22-14-23-26(31-16-22)34(2)12-13-36-23/h5-9,11,14,16,20H,3-4,10,12-13,17-18H2,1-2H3/t20-/m1/s1. The van der Waals surface area contributed by atoms with Crippen molar-refractivity contribution in [2.75, 3.05) is 51.8 Å². The van der Waals surface area contributed by atoms with Crippen molar-refractivity contribution < 1.29 is 9.47 Å². The third-order valence-corrected chi connectivity index (χ3v) is 7.14. The number of benzene rings is 1. The minimum absolute atomic E-state index is 0.455. The first-order valence-corrected chi connectivity index (χ1v) is 12.6. The molecule has 0 amide bonds. The lowest BCUT2D eigenvalue weighted by atomic mass is 9.99. The van der Waals surface area contributed by atoms with Crippen molar-refractivity contribution in [3.05, 3.63) is 54.5 Å². The molecule has 3 aromatic heterocycles. The monoisotopic (exact) mass is 495 g/mol. The van der Waals surface area contributed by atoms with E-state index in [2.05, 4.69) is 22.9 Å². The number of fused-ring (bicyclic) bond motifs is 2. The van der Waals surface area contributed by atoms with Gasteiger partial charge < -0.3 is 19.3 Å². The molecule has 0 spiro atoms. The number of piperidine rings is 1. The van der Waals surface area contributed by atoms with Crippen molar-refractivity contribution in [2.24, 2.45) is 5.92 Å². The van der Waals surface area contributed by atoms with E-state index in [1.165, 1.54) is 6.42 Å². The van der Waals surface area contributed by atoms with Crippen LogP contribution >= 0.6 is 0 Å². The summed E-state index contributed by atoms with van der Waals surface area (Å²) >= 11 is 0. The second kappa shape index (κ2) is 9.71. The smallest absolute Gasteiger partial charge is 0.302 e. The van der Waals surface area contributed by atoms with Crippen molar-refractivity contribution in [1.82, 2.24) is 24.3 Å². The number of nitriles is 1. The average Bonchev–Trinajstić information content (AvgIpc) is 3.41. The highest BCUT2D eigenvalue weighted by Crippen LogP contribution is 2.39. The van der Waals surface area contributed by atoms with Crippen LogP contribution in [0.4, 0.5) is 5.82 Å². The number of imidazole rings is 1. The van der Waals surface area contributed by atoms with E-state index in [1.54, 1.807) is 18.3 Å². The minimum atomic E-state index is 0.455. The molecule has 0 saturated carbocycles. The molecule has 1 fully saturated rings. The first kappa shape index (κ1) is 23.3. The van der Waals surface area contributed by atoms with E-state index in [-0.39, 0.29) is 0 Å². The molecule has 0 bridgehead atoms. The maximum atomic E-state index is 9.31. The molecule has 9 heteroatoms. The Morgan fingerprint density at radius 2 is 2.00 bits per heavy atom. The SMILES string of the molecule is CN1CCC[C@@H](COc2nc(-c3ccc(C#N)cc3)c(-c3cnc4c(c3)OCCN4C)c3nccn23)C1. The van der Waals surface area contributed by atoms with E-state index < -0.39 is 0 Å². The van der Waals surface area contributed by atoms with Crippen LogP contribution in [-0.4, -0.2) is 71.2 Å². The number of likely N-dealkylation sites (tertiary alicyclic amines) is 1. The zero-order valence-corrected chi connectivity index (χ0v) is 21.1. The molecule has 2 aliphatic heterocycles. The van der Waals surface area contributed by atoms with E-state index in [4.69, 9.17) is 24.4 Å². The van der Waals surface area contributed by atoms with Crippen LogP contribution in [0.5, 0.6) is 11.8 Å². The summed E-state index contributed by atoms with van der Waals surface area (Å²) < 4.78 is 14.2. The molecule has 0 radical (unpaired) electrons. The number of nitrogens with zero attached hydrogens (tertiary/aromatic N) is 7. The summed E-state index contributed by atoms with van der Waals surface area (Å²) in [5, 5.41) is 9.31. The third-order valence-electron chi connectivity index (χ3n) is 7.14. The van der Waals surface area contributed by atoms with Crippen LogP contribution in [0, 0.1) is 17.2 Å². The van der Waals surface area contributed by atoms with Crippen molar-refractivity contribution in [1.29, 1.82) is 5.26 Å². The number of aromatic nitrogens is 4. The molecule has 6 rings (SSSR count). The van der Waals surface area contributed by atoms with Gasteiger partial charge in [-0.3, -0.25) is 4.40 Å². The Bertz CT molecular complexity index is 1470. The van der Waals surface area contributed by atoms with Gasteiger partial charge in [0.2, 0.25) is 0 Å². The highest BCUT2D eigenvalue weighted by Gasteiger charge is 2.24. The molecule has 5 heterocycles. The lowest BCUT2D eigenvalue weighted by Gasteiger charge is -2.29. The second-order valence-electron chi connectivity index (χ2n) is 9.83. The third kappa shape index (κ3) is 4.45. The Morgan fingerprint density at radius 1 is 1.14 bits per heavy atom. The Morgan fingerprint density at radius 3 is 2.81 bits per heavy atom. The Balaban J connectivity index is 1.47. The van der Waals surface area contributed by atoms with Crippen LogP contribution in [-0.2, 0) is 0 Å². The molecule has 37 heavy (non-hydrogen) atoms. The molecular formula is C28H29N7O2. The normalized spacial score (nSPS) is 17.8. The lowest BCUT2D eigenvalue weighted by Crippen LogP contribution is -2.35. The topological polar surface area (TPSA) is 91.8 Å². The summed E-state index contributed by atoms with van der Waals surface area (Å²) in [6.07, 6.45) is 7.82. The second-order valence-corrected chi connectivity index (χ2v) is 9.83. The van der Waals surface area contributed by atoms with Gasteiger partial charge in [0.25, 0.3) is 0 Å². The fourth-order valence-electron chi connectivity index (χ4n) is 5.20. The molecular weight excluding hydrogens is 466 g/mol. The zero-order valence-electron chi connectivity index (χ0n) is 21.1. The first-order valence-electron chi connectivity index (χ1n) is 12.6. The van der Waals surface area contributed by atoms with Crippen LogP contribution in [0.3, 0.4) is 0 Å². The summed E-state index contributed by atoms with van der Waals surface area (Å²) in [4.78, 5) is 18.9. The van der Waals surface area contributed by atoms with E-state index in [0.29, 0.717) is 30.7 Å². The molecule has 2 aliphatic rings. The van der Waals surface area contributed by atoms with Crippen LogP contribution in [0.1, 0.15) is 18.4 Å². The number of rotatable bonds is 5. The number of hydrogen-bond acceptors (Lipinski definition) is 8. The fourth-order valence-corrected chi connectivity index (χ4v) is 5.20. The van der Waals surface area contributed by atoms with Gasteiger partial charge in [0.15, 0.2) is 17.2 Å². The maximum Gasteiger partial charge on any atom is 0.302 e. The van der Waals surface area contributed by atoms with Crippen LogP contribution in [0.15, 0.2) is 48.9 Å². The van der Waals surface area contributed by atoms with Gasteiger partial charge in [0, 0.05) is 49.2 Å². The molecule has 0 N–H and O–H groups in total. The van der Waals surface area contributed by atoms with Gasteiger partial charge >= 0.3 is 6.01 Å². The van der Waals surface area contributed by atoms with Gasteiger partial charge in [-0.05, 0) is 44.6 Å². The number of ether oxygens (including phenoxy) is 2. The highest BCUT2D eigenvalue weighted by atomic mass is 16.5. The molecule has 0 aliphatic carbocycles. The van der Waals surface area contributed by atoms with Gasteiger partial charge in [0.05, 0.1) is 36.0 Å². The van der Waals surface area contributed by atoms with E-state index in [9.17, 15) is 5.26 Å². The molecule has 1 aromatic carbocycles. The van der Waals surface area contributed by atoms with Crippen LogP contribution < -0.4 is 14.4 Å². The van der Waals surface area contributed by atoms with Crippen molar-refractivity contribution in [3.8, 4) is 40.2 Å². The predicted molar refractivity (Wildman–Crippen MR) is 141 cm³/mol. The lowest BCUT2D eigenvalue weighted by molar-refractivity contribution is 0.143. The van der Waals surface area contributed by atoms with Gasteiger partial charge in [0.1, 0.15) is 6.61 Å². The van der Waals surface area contributed by atoms with Gasteiger partial charge in [-0.1, -0.05) is 12.1 Å². The van der Waals surface area contributed by atoms with Crippen molar-refractivity contribution in [3.63, 3.8) is 0 Å². The van der Waals surface area contributed by atoms with E-state index in [0.717, 1.165) is 65.7 Å². The summed E-state index contributed by atoms with van der Waals surface area (Å²) in [5.74, 6) is 2.01. The Kier molecular flexibility index (Phi) is 6.10. The zero-order chi connectivity index (χ0) is 25.4. The number of anilines is 1. The van der Waals surface area contributed by atoms with E-state index in [1.807, 2.05) is 42.0 Å². The number of hydrogen-bond donors (Lipinski definition) is 0. The largest absolute Gasteiger partial charge is 0.488 e. The van der Waals surface area contributed by atoms with Gasteiger partial charge in [-0.2, -0.15) is 10.2 Å². The molecule has 1 saturated heterocycles. The maximum absolute atomic E-state index is 9.31. The van der Waals surface area contributed by atoms with Crippen LogP contribution in [0.2, 0.25) is 0 Å². The van der Waals surface area contributed by atoms with Gasteiger partial charge in [-0.25, -0.2) is 9.97 Å². The van der Waals surface area contributed by atoms with E-state index >= 15 is 0 Å². The van der Waals surface area contributed by atoms with Crippen LogP contribution in [0.25, 0.3) is 28.0 Å². The van der Waals surface area contributed by atoms with Gasteiger partial charge in [-0.15, -0.1) is 0 Å². The summed E-state index contributed by atoms with van der Waals surface area (Å²) in [5.41, 5.74) is 4.62. The van der Waals surface area contributed by atoms with Crippen molar-refractivity contribution in [2.45, 2.75) is 12.8 Å². The molecule has 9 nitrogen and oxygen atoms in total. The Hall–Kier alpha value is -4.16. The summed E-state index contributed by atoms with van der Waals surface area (Å²) in [7, 11) is 4.17. The molecule has 4 aromatic rings. The minimum Gasteiger partial charge on any atom is -0.488 e. The number of pyridine rings is 1. The first-order chi connectivity index (χ1) is 18.1. The number of likely N-dealkylation sites (N-methyl/N-ethyl adjacent to an activating group) is 1. The quantitative estimate of drug-likeness (QED) is 0.412.